The Morgan fingerprint density at radius 2 is 2.12 bits per heavy atom. The Morgan fingerprint density at radius 1 is 1.32 bits per heavy atom. The Bertz CT molecular complexity index is 589. The molecule has 2 heterocycles. The average molecular weight is 348 g/mol. The van der Waals surface area contributed by atoms with E-state index in [4.69, 9.17) is 9.47 Å². The molecule has 0 aliphatic carbocycles. The van der Waals surface area contributed by atoms with E-state index in [9.17, 15) is 9.90 Å². The molecule has 0 saturated carbocycles. The molecule has 2 fully saturated rings. The zero-order valence-corrected chi connectivity index (χ0v) is 14.9. The number of morpholine rings is 1. The first-order chi connectivity index (χ1) is 12.0. The fourth-order valence-corrected chi connectivity index (χ4v) is 3.49. The van der Waals surface area contributed by atoms with Crippen LogP contribution in [0.5, 0.6) is 5.75 Å². The highest BCUT2D eigenvalue weighted by molar-refractivity contribution is 5.78. The van der Waals surface area contributed by atoms with Crippen LogP contribution >= 0.6 is 0 Å². The number of aryl methyl sites for hydroxylation is 1. The van der Waals surface area contributed by atoms with E-state index in [-0.39, 0.29) is 12.5 Å². The van der Waals surface area contributed by atoms with E-state index in [1.807, 2.05) is 41.0 Å². The number of aliphatic hydroxyl groups is 1. The molecule has 0 unspecified atom stereocenters. The van der Waals surface area contributed by atoms with Crippen LogP contribution in [0.25, 0.3) is 0 Å². The van der Waals surface area contributed by atoms with Crippen LogP contribution in [0.2, 0.25) is 0 Å². The molecule has 2 aliphatic heterocycles. The summed E-state index contributed by atoms with van der Waals surface area (Å²) in [7, 11) is 0. The summed E-state index contributed by atoms with van der Waals surface area (Å²) in [6, 6.07) is 7.83. The van der Waals surface area contributed by atoms with Gasteiger partial charge >= 0.3 is 0 Å². The number of ether oxygens (including phenoxy) is 2. The standard InChI is InChI=1S/C19H28N2O4/c1-16-4-2-5-17(12-16)25-15-19(23)6-3-7-20(14-19)13-18(22)21-8-10-24-11-9-21/h2,4-5,12,23H,3,6-11,13-15H2,1H3/t19-/m1/s1. The number of amides is 1. The second-order valence-corrected chi connectivity index (χ2v) is 7.14. The Hall–Kier alpha value is -1.63. The molecule has 0 radical (unpaired) electrons. The minimum Gasteiger partial charge on any atom is -0.491 e. The van der Waals surface area contributed by atoms with Crippen molar-refractivity contribution in [2.45, 2.75) is 25.4 Å². The Labute approximate surface area is 149 Å². The van der Waals surface area contributed by atoms with Gasteiger partial charge in [0.1, 0.15) is 18.0 Å². The van der Waals surface area contributed by atoms with Crippen molar-refractivity contribution in [3.63, 3.8) is 0 Å². The van der Waals surface area contributed by atoms with E-state index in [0.717, 1.165) is 24.3 Å². The first-order valence-corrected chi connectivity index (χ1v) is 9.04. The lowest BCUT2D eigenvalue weighted by Crippen LogP contribution is -2.54. The van der Waals surface area contributed by atoms with Gasteiger partial charge in [0.2, 0.25) is 5.91 Å². The fraction of sp³-hybridized carbons (Fsp3) is 0.632. The third kappa shape index (κ3) is 5.17. The second-order valence-electron chi connectivity index (χ2n) is 7.14. The van der Waals surface area contributed by atoms with Gasteiger partial charge in [-0.15, -0.1) is 0 Å². The van der Waals surface area contributed by atoms with Gasteiger partial charge in [0.05, 0.1) is 19.8 Å². The summed E-state index contributed by atoms with van der Waals surface area (Å²) >= 11 is 0. The predicted molar refractivity (Wildman–Crippen MR) is 94.7 cm³/mol. The molecule has 0 spiro atoms. The summed E-state index contributed by atoms with van der Waals surface area (Å²) in [5, 5.41) is 10.9. The zero-order chi connectivity index (χ0) is 17.7. The van der Waals surface area contributed by atoms with Crippen molar-refractivity contribution in [1.29, 1.82) is 0 Å². The number of benzene rings is 1. The van der Waals surface area contributed by atoms with Crippen LogP contribution in [0, 0.1) is 6.92 Å². The SMILES string of the molecule is Cc1cccc(OC[C@@]2(O)CCCN(CC(=O)N3CCOCC3)C2)c1. The number of hydrogen-bond donors (Lipinski definition) is 1. The van der Waals surface area contributed by atoms with Crippen molar-refractivity contribution < 1.29 is 19.4 Å². The molecule has 1 amide bonds. The molecule has 2 saturated heterocycles. The maximum Gasteiger partial charge on any atom is 0.236 e. The Morgan fingerprint density at radius 3 is 2.88 bits per heavy atom. The number of rotatable bonds is 5. The molecule has 1 aromatic rings. The third-order valence-electron chi connectivity index (χ3n) is 4.85. The van der Waals surface area contributed by atoms with E-state index < -0.39 is 5.60 Å². The fourth-order valence-electron chi connectivity index (χ4n) is 3.49. The molecule has 6 nitrogen and oxygen atoms in total. The summed E-state index contributed by atoms with van der Waals surface area (Å²) in [5.41, 5.74) is 0.221. The van der Waals surface area contributed by atoms with Crippen molar-refractivity contribution in [1.82, 2.24) is 9.80 Å². The lowest BCUT2D eigenvalue weighted by atomic mass is 9.93. The summed E-state index contributed by atoms with van der Waals surface area (Å²) in [6.45, 7) is 6.46. The van der Waals surface area contributed by atoms with Crippen molar-refractivity contribution in [2.24, 2.45) is 0 Å². The molecule has 0 aromatic heterocycles. The normalized spacial score (nSPS) is 25.0. The van der Waals surface area contributed by atoms with Gasteiger partial charge in [-0.3, -0.25) is 9.69 Å². The van der Waals surface area contributed by atoms with Gasteiger partial charge in [-0.2, -0.15) is 0 Å². The highest BCUT2D eigenvalue weighted by atomic mass is 16.5. The van der Waals surface area contributed by atoms with Crippen LogP contribution < -0.4 is 4.74 Å². The zero-order valence-electron chi connectivity index (χ0n) is 14.9. The lowest BCUT2D eigenvalue weighted by molar-refractivity contribution is -0.138. The molecule has 0 bridgehead atoms. The number of likely N-dealkylation sites (tertiary alicyclic amines) is 1. The summed E-state index contributed by atoms with van der Waals surface area (Å²) in [4.78, 5) is 16.3. The monoisotopic (exact) mass is 348 g/mol. The molecule has 3 rings (SSSR count). The quantitative estimate of drug-likeness (QED) is 0.862. The molecular formula is C19H28N2O4. The number of carbonyl (C=O) groups excluding carboxylic acids is 1. The lowest BCUT2D eigenvalue weighted by Gasteiger charge is -2.39. The van der Waals surface area contributed by atoms with Crippen LogP contribution in [0.1, 0.15) is 18.4 Å². The van der Waals surface area contributed by atoms with E-state index >= 15 is 0 Å². The molecule has 138 valence electrons. The van der Waals surface area contributed by atoms with Crippen LogP contribution in [0.15, 0.2) is 24.3 Å². The number of hydrogen-bond acceptors (Lipinski definition) is 5. The first kappa shape index (κ1) is 18.2. The van der Waals surface area contributed by atoms with Gasteiger partial charge in [-0.05, 0) is 44.0 Å². The molecular weight excluding hydrogens is 320 g/mol. The van der Waals surface area contributed by atoms with Crippen LogP contribution in [-0.4, -0.2) is 79.0 Å². The van der Waals surface area contributed by atoms with Crippen LogP contribution in [-0.2, 0) is 9.53 Å². The average Bonchev–Trinajstić information content (AvgIpc) is 2.61. The molecule has 1 atom stereocenters. The summed E-state index contributed by atoms with van der Waals surface area (Å²) in [5.74, 6) is 0.891. The van der Waals surface area contributed by atoms with Crippen LogP contribution in [0.4, 0.5) is 0 Å². The summed E-state index contributed by atoms with van der Waals surface area (Å²) < 4.78 is 11.1. The third-order valence-corrected chi connectivity index (χ3v) is 4.85. The summed E-state index contributed by atoms with van der Waals surface area (Å²) in [6.07, 6.45) is 1.56. The van der Waals surface area contributed by atoms with Gasteiger partial charge in [-0.1, -0.05) is 12.1 Å². The predicted octanol–water partition coefficient (Wildman–Crippen LogP) is 1.06. The van der Waals surface area contributed by atoms with E-state index in [1.54, 1.807) is 0 Å². The van der Waals surface area contributed by atoms with Crippen LogP contribution in [0.3, 0.4) is 0 Å². The molecule has 6 heteroatoms. The van der Waals surface area contributed by atoms with Gasteiger partial charge in [-0.25, -0.2) is 0 Å². The molecule has 25 heavy (non-hydrogen) atoms. The van der Waals surface area contributed by atoms with Crippen molar-refractivity contribution in [3.8, 4) is 5.75 Å². The molecule has 2 aliphatic rings. The molecule has 1 N–H and O–H groups in total. The van der Waals surface area contributed by atoms with Crippen molar-refractivity contribution in [2.75, 3.05) is 52.5 Å². The number of carbonyl (C=O) groups is 1. The molecule has 1 aromatic carbocycles. The topological polar surface area (TPSA) is 62.2 Å². The number of β-amino-alcohol motifs (C(OH)–C–C–N with tert-alkyl or cyclic N) is 1. The maximum absolute atomic E-state index is 12.4. The van der Waals surface area contributed by atoms with Gasteiger partial charge < -0.3 is 19.5 Å². The Kier molecular flexibility index (Phi) is 5.93. The minimum atomic E-state index is -0.909. The van der Waals surface area contributed by atoms with Gasteiger partial charge in [0.25, 0.3) is 0 Å². The highest BCUT2D eigenvalue weighted by Gasteiger charge is 2.35. The minimum absolute atomic E-state index is 0.118. The van der Waals surface area contributed by atoms with E-state index in [2.05, 4.69) is 0 Å². The highest BCUT2D eigenvalue weighted by Crippen LogP contribution is 2.23. The first-order valence-electron chi connectivity index (χ1n) is 9.04. The number of nitrogens with zero attached hydrogens (tertiary/aromatic N) is 2. The number of piperidine rings is 1. The van der Waals surface area contributed by atoms with E-state index in [0.29, 0.717) is 45.8 Å². The smallest absolute Gasteiger partial charge is 0.236 e. The second kappa shape index (κ2) is 8.17. The van der Waals surface area contributed by atoms with Crippen molar-refractivity contribution in [3.05, 3.63) is 29.8 Å². The largest absolute Gasteiger partial charge is 0.491 e. The van der Waals surface area contributed by atoms with E-state index in [1.165, 1.54) is 0 Å². The maximum atomic E-state index is 12.4. The Balaban J connectivity index is 1.51. The van der Waals surface area contributed by atoms with Gasteiger partial charge in [0.15, 0.2) is 0 Å². The van der Waals surface area contributed by atoms with Crippen molar-refractivity contribution >= 4 is 5.91 Å². The van der Waals surface area contributed by atoms with Gasteiger partial charge in [0, 0.05) is 19.6 Å².